The number of benzene rings is 2. The fourth-order valence-corrected chi connectivity index (χ4v) is 4.57. The lowest BCUT2D eigenvalue weighted by Gasteiger charge is -2.31. The fourth-order valence-electron chi connectivity index (χ4n) is 4.57. The second kappa shape index (κ2) is 10.0. The molecule has 1 spiro atoms. The van der Waals surface area contributed by atoms with Crippen LogP contribution in [0.25, 0.3) is 0 Å². The molecular formula is C25H24F4N4O5. The Kier molecular flexibility index (Phi) is 7.15. The summed E-state index contributed by atoms with van der Waals surface area (Å²) in [4.78, 5) is 51.7. The summed E-state index contributed by atoms with van der Waals surface area (Å²) < 4.78 is 59.4. The second-order valence-corrected chi connectivity index (χ2v) is 9.08. The predicted molar refractivity (Wildman–Crippen MR) is 125 cm³/mol. The minimum atomic E-state index is -4.80. The maximum absolute atomic E-state index is 13.6. The second-order valence-electron chi connectivity index (χ2n) is 9.08. The van der Waals surface area contributed by atoms with E-state index in [0.29, 0.717) is 33.0 Å². The van der Waals surface area contributed by atoms with Gasteiger partial charge in [-0.2, -0.15) is 13.2 Å². The molecule has 2 aliphatic rings. The van der Waals surface area contributed by atoms with Crippen LogP contribution in [0.3, 0.4) is 0 Å². The van der Waals surface area contributed by atoms with Crippen molar-refractivity contribution in [3.63, 3.8) is 0 Å². The largest absolute Gasteiger partial charge is 0.427 e. The van der Waals surface area contributed by atoms with Crippen molar-refractivity contribution in [2.45, 2.75) is 44.1 Å². The van der Waals surface area contributed by atoms with Crippen molar-refractivity contribution in [2.75, 3.05) is 18.4 Å². The Bertz CT molecular complexity index is 1280. The zero-order valence-corrected chi connectivity index (χ0v) is 20.2. The number of hydrogen-bond acceptors (Lipinski definition) is 6. The average molecular weight is 536 g/mol. The molecule has 2 aromatic carbocycles. The number of imide groups is 1. The topological polar surface area (TPSA) is 122 Å². The zero-order chi connectivity index (χ0) is 27.8. The van der Waals surface area contributed by atoms with Gasteiger partial charge < -0.3 is 20.7 Å². The van der Waals surface area contributed by atoms with E-state index in [1.54, 1.807) is 6.07 Å². The molecule has 1 aliphatic heterocycles. The summed E-state index contributed by atoms with van der Waals surface area (Å²) in [5, 5.41) is 2.58. The number of aryl methyl sites for hydroxylation is 1. The van der Waals surface area contributed by atoms with Crippen LogP contribution >= 0.6 is 0 Å². The van der Waals surface area contributed by atoms with Gasteiger partial charge in [0.15, 0.2) is 0 Å². The first-order valence-electron chi connectivity index (χ1n) is 11.6. The number of hydrogen-bond donors (Lipinski definition) is 2. The Morgan fingerprint density at radius 2 is 1.87 bits per heavy atom. The van der Waals surface area contributed by atoms with Crippen LogP contribution < -0.4 is 11.1 Å². The quantitative estimate of drug-likeness (QED) is 0.525. The van der Waals surface area contributed by atoms with Crippen LogP contribution in [0.15, 0.2) is 42.5 Å². The number of anilines is 1. The first-order valence-corrected chi connectivity index (χ1v) is 11.6. The van der Waals surface area contributed by atoms with Crippen molar-refractivity contribution < 1.29 is 41.5 Å². The minimum absolute atomic E-state index is 0.0597. The third-order valence-corrected chi connectivity index (χ3v) is 6.65. The lowest BCUT2D eigenvalue weighted by Crippen LogP contribution is -2.51. The molecule has 3 N–H and O–H groups in total. The van der Waals surface area contributed by atoms with E-state index in [2.05, 4.69) is 5.32 Å². The van der Waals surface area contributed by atoms with Gasteiger partial charge in [0.1, 0.15) is 18.4 Å². The molecule has 202 valence electrons. The number of nitrogens with zero attached hydrogens (tertiary/aromatic N) is 2. The van der Waals surface area contributed by atoms with Crippen LogP contribution in [-0.4, -0.2) is 58.9 Å². The average Bonchev–Trinajstić information content (AvgIpc) is 3.34. The molecule has 1 aliphatic carbocycles. The molecule has 0 saturated carbocycles. The molecule has 1 saturated heterocycles. The van der Waals surface area contributed by atoms with E-state index in [0.717, 1.165) is 19.1 Å². The molecule has 1 unspecified atom stereocenters. The molecule has 9 nitrogen and oxygen atoms in total. The number of nitrogens with one attached hydrogen (secondary N) is 1. The summed E-state index contributed by atoms with van der Waals surface area (Å²) in [5.74, 6) is -3.03. The first kappa shape index (κ1) is 27.0. The van der Waals surface area contributed by atoms with Crippen LogP contribution in [-0.2, 0) is 37.7 Å². The summed E-state index contributed by atoms with van der Waals surface area (Å²) >= 11 is 0. The van der Waals surface area contributed by atoms with Gasteiger partial charge in [-0.05, 0) is 48.7 Å². The lowest BCUT2D eigenvalue weighted by atomic mass is 9.94. The Morgan fingerprint density at radius 3 is 2.50 bits per heavy atom. The smallest absolute Gasteiger partial charge is 0.418 e. The Hall–Kier alpha value is -4.00. The highest BCUT2D eigenvalue weighted by atomic mass is 19.4. The fraction of sp³-hybridized carbons (Fsp3) is 0.360. The number of nitrogens with two attached hydrogens (primary N) is 1. The van der Waals surface area contributed by atoms with Crippen molar-refractivity contribution in [3.05, 3.63) is 65.0 Å². The Balaban J connectivity index is 1.56. The molecule has 4 rings (SSSR count). The van der Waals surface area contributed by atoms with Gasteiger partial charge in [-0.15, -0.1) is 0 Å². The van der Waals surface area contributed by atoms with E-state index in [4.69, 9.17) is 10.5 Å². The van der Waals surface area contributed by atoms with Crippen LogP contribution in [0.1, 0.15) is 30.0 Å². The summed E-state index contributed by atoms with van der Waals surface area (Å²) in [6, 6.07) is 6.95. The number of alkyl halides is 3. The lowest BCUT2D eigenvalue weighted by molar-refractivity contribution is -0.187. The molecule has 1 fully saturated rings. The highest BCUT2D eigenvalue weighted by molar-refractivity contribution is 6.06. The number of carbonyl (C=O) groups is 4. The van der Waals surface area contributed by atoms with E-state index in [1.165, 1.54) is 24.3 Å². The van der Waals surface area contributed by atoms with E-state index in [9.17, 15) is 36.7 Å². The van der Waals surface area contributed by atoms with Crippen molar-refractivity contribution in [2.24, 2.45) is 5.73 Å². The maximum Gasteiger partial charge on any atom is 0.418 e. The Labute approximate surface area is 214 Å². The molecular weight excluding hydrogens is 512 g/mol. The standard InChI is InChI=1S/C25H24F4N4O5/c1-14(25(27,28)29)32(12-15-2-4-17(26)5-3-15)21(35)13-33-22(36)24(38-23(33)37)9-8-16-10-18(6-7-19(16)24)31-20(34)11-30/h2-7,10,14H,8-9,11-13,30H2,1H3,(H,31,34)/t14-,24?/m0/s1. The molecule has 2 aromatic rings. The van der Waals surface area contributed by atoms with Gasteiger partial charge in [0.25, 0.3) is 5.91 Å². The van der Waals surface area contributed by atoms with Gasteiger partial charge in [-0.1, -0.05) is 18.2 Å². The third kappa shape index (κ3) is 5.05. The first-order chi connectivity index (χ1) is 17.9. The van der Waals surface area contributed by atoms with E-state index in [1.807, 2.05) is 0 Å². The van der Waals surface area contributed by atoms with Crippen molar-refractivity contribution in [3.8, 4) is 0 Å². The minimum Gasteiger partial charge on any atom is -0.427 e. The Morgan fingerprint density at radius 1 is 1.18 bits per heavy atom. The molecule has 0 aromatic heterocycles. The predicted octanol–water partition coefficient (Wildman–Crippen LogP) is 2.82. The van der Waals surface area contributed by atoms with Gasteiger partial charge in [0, 0.05) is 24.2 Å². The third-order valence-electron chi connectivity index (χ3n) is 6.65. The molecule has 0 radical (unpaired) electrons. The molecule has 38 heavy (non-hydrogen) atoms. The number of carbonyl (C=O) groups excluding carboxylic acids is 4. The van der Waals surface area contributed by atoms with Gasteiger partial charge >= 0.3 is 12.3 Å². The summed E-state index contributed by atoms with van der Waals surface area (Å²) in [6.07, 6.45) is -5.58. The number of amides is 4. The van der Waals surface area contributed by atoms with Crippen molar-refractivity contribution in [1.82, 2.24) is 9.80 Å². The highest BCUT2D eigenvalue weighted by Crippen LogP contribution is 2.46. The highest BCUT2D eigenvalue weighted by Gasteiger charge is 2.58. The molecule has 1 heterocycles. The molecule has 0 bridgehead atoms. The monoisotopic (exact) mass is 536 g/mol. The van der Waals surface area contributed by atoms with E-state index < -0.39 is 60.5 Å². The van der Waals surface area contributed by atoms with E-state index in [-0.39, 0.29) is 18.5 Å². The van der Waals surface area contributed by atoms with E-state index >= 15 is 0 Å². The zero-order valence-electron chi connectivity index (χ0n) is 20.2. The number of rotatable bonds is 7. The van der Waals surface area contributed by atoms with Gasteiger partial charge in [0.05, 0.1) is 6.54 Å². The number of halogens is 4. The van der Waals surface area contributed by atoms with Gasteiger partial charge in [0.2, 0.25) is 17.4 Å². The summed E-state index contributed by atoms with van der Waals surface area (Å²) in [5.41, 5.74) is 5.22. The maximum atomic E-state index is 13.6. The van der Waals surface area contributed by atoms with Crippen LogP contribution in [0.4, 0.5) is 28.0 Å². The van der Waals surface area contributed by atoms with Crippen LogP contribution in [0, 0.1) is 5.82 Å². The van der Waals surface area contributed by atoms with Gasteiger partial charge in [-0.3, -0.25) is 14.4 Å². The number of fused-ring (bicyclic) bond motifs is 2. The van der Waals surface area contributed by atoms with Crippen molar-refractivity contribution >= 4 is 29.5 Å². The normalized spacial score (nSPS) is 19.4. The molecule has 2 atom stereocenters. The SMILES string of the molecule is C[C@H](N(Cc1ccc(F)cc1)C(=O)CN1C(=O)OC2(CCc3cc(NC(=O)CN)ccc32)C1=O)C(F)(F)F. The van der Waals surface area contributed by atoms with Crippen LogP contribution in [0.2, 0.25) is 0 Å². The number of ether oxygens (including phenoxy) is 1. The molecule has 4 amide bonds. The van der Waals surface area contributed by atoms with Crippen LogP contribution in [0.5, 0.6) is 0 Å². The van der Waals surface area contributed by atoms with Crippen molar-refractivity contribution in [1.29, 1.82) is 0 Å². The molecule has 13 heteroatoms. The summed E-state index contributed by atoms with van der Waals surface area (Å²) in [7, 11) is 0. The summed E-state index contributed by atoms with van der Waals surface area (Å²) in [6.45, 7) is -0.949. The van der Waals surface area contributed by atoms with Gasteiger partial charge in [-0.25, -0.2) is 14.1 Å².